The van der Waals surface area contributed by atoms with E-state index in [0.29, 0.717) is 32.3 Å². The van der Waals surface area contributed by atoms with E-state index in [0.717, 1.165) is 45.2 Å². The molecule has 0 N–H and O–H groups in total. The monoisotopic (exact) mass is 569 g/mol. The molecule has 0 fully saturated rings. The van der Waals surface area contributed by atoms with Gasteiger partial charge in [0.15, 0.2) is 11.6 Å². The van der Waals surface area contributed by atoms with E-state index in [1.54, 1.807) is 0 Å². The minimum atomic E-state index is 0.109. The number of aryl methyl sites for hydroxylation is 2. The molecule has 0 bridgehead atoms. The number of benzene rings is 5. The van der Waals surface area contributed by atoms with Gasteiger partial charge in [-0.3, -0.25) is 9.59 Å². The largest absolute Gasteiger partial charge is 0.493 e. The summed E-state index contributed by atoms with van der Waals surface area (Å²) in [5.41, 5.74) is 4.81. The van der Waals surface area contributed by atoms with Gasteiger partial charge in [-0.25, -0.2) is 0 Å². The molecular weight excluding hydrogens is 530 g/mol. The first-order chi connectivity index (χ1) is 21.0. The van der Waals surface area contributed by atoms with E-state index in [9.17, 15) is 9.59 Å². The highest BCUT2D eigenvalue weighted by molar-refractivity contribution is 5.98. The SMILES string of the molecule is CN(C)C(CCOc1c(CCC(=O)c2ccccc2)cc(CCC(=O)c2ccccc2)c2ccccc12)c1ccccc1. The number of carbonyl (C=O) groups excluding carboxylic acids is 2. The van der Waals surface area contributed by atoms with Crippen molar-refractivity contribution in [1.82, 2.24) is 4.90 Å². The fourth-order valence-electron chi connectivity index (χ4n) is 5.75. The lowest BCUT2D eigenvalue weighted by Crippen LogP contribution is -2.22. The minimum Gasteiger partial charge on any atom is -0.493 e. The first-order valence-electron chi connectivity index (χ1n) is 15.1. The van der Waals surface area contributed by atoms with Crippen molar-refractivity contribution < 1.29 is 14.3 Å². The van der Waals surface area contributed by atoms with E-state index >= 15 is 0 Å². The van der Waals surface area contributed by atoms with E-state index in [2.05, 4.69) is 61.5 Å². The summed E-state index contributed by atoms with van der Waals surface area (Å²) in [5, 5.41) is 2.11. The van der Waals surface area contributed by atoms with Crippen LogP contribution in [0.1, 0.15) is 62.7 Å². The fraction of sp³-hybridized carbons (Fsp3) is 0.231. The summed E-state index contributed by atoms with van der Waals surface area (Å²) in [6.45, 7) is 0.535. The van der Waals surface area contributed by atoms with Crippen molar-refractivity contribution >= 4 is 22.3 Å². The van der Waals surface area contributed by atoms with Crippen molar-refractivity contribution in [3.63, 3.8) is 0 Å². The van der Waals surface area contributed by atoms with Gasteiger partial charge in [0, 0.05) is 41.8 Å². The molecule has 0 amide bonds. The first-order valence-corrected chi connectivity index (χ1v) is 15.1. The Morgan fingerprint density at radius 1 is 0.628 bits per heavy atom. The zero-order chi connectivity index (χ0) is 30.0. The summed E-state index contributed by atoms with van der Waals surface area (Å²) in [7, 11) is 4.19. The van der Waals surface area contributed by atoms with Crippen LogP contribution in [0.25, 0.3) is 10.8 Å². The van der Waals surface area contributed by atoms with Crippen LogP contribution < -0.4 is 4.74 Å². The molecule has 5 rings (SSSR count). The topological polar surface area (TPSA) is 46.6 Å². The van der Waals surface area contributed by atoms with Crippen LogP contribution in [0, 0.1) is 0 Å². The van der Waals surface area contributed by atoms with Crippen molar-refractivity contribution in [2.24, 2.45) is 0 Å². The third-order valence-corrected chi connectivity index (χ3v) is 8.04. The van der Waals surface area contributed by atoms with Gasteiger partial charge in [0.05, 0.1) is 6.61 Å². The van der Waals surface area contributed by atoms with Crippen molar-refractivity contribution in [3.05, 3.63) is 149 Å². The number of hydrogen-bond donors (Lipinski definition) is 0. The average molecular weight is 570 g/mol. The molecular formula is C39H39NO3. The van der Waals surface area contributed by atoms with Crippen molar-refractivity contribution in [3.8, 4) is 5.75 Å². The lowest BCUT2D eigenvalue weighted by Gasteiger charge is -2.25. The molecule has 0 heterocycles. The van der Waals surface area contributed by atoms with E-state index in [-0.39, 0.29) is 17.6 Å². The maximum Gasteiger partial charge on any atom is 0.163 e. The van der Waals surface area contributed by atoms with Crippen molar-refractivity contribution in [1.29, 1.82) is 0 Å². The van der Waals surface area contributed by atoms with Gasteiger partial charge in [-0.05, 0) is 49.0 Å². The number of ketones is 2. The van der Waals surface area contributed by atoms with Gasteiger partial charge in [0.25, 0.3) is 0 Å². The lowest BCUT2D eigenvalue weighted by molar-refractivity contribution is 0.0975. The van der Waals surface area contributed by atoms with Gasteiger partial charge >= 0.3 is 0 Å². The van der Waals surface area contributed by atoms with Crippen LogP contribution in [0.5, 0.6) is 5.75 Å². The van der Waals surface area contributed by atoms with Crippen LogP contribution >= 0.6 is 0 Å². The fourth-order valence-corrected chi connectivity index (χ4v) is 5.75. The minimum absolute atomic E-state index is 0.109. The summed E-state index contributed by atoms with van der Waals surface area (Å²) in [4.78, 5) is 28.3. The predicted octanol–water partition coefficient (Wildman–Crippen LogP) is 8.54. The molecule has 5 aromatic carbocycles. The molecule has 4 nitrogen and oxygen atoms in total. The number of hydrogen-bond acceptors (Lipinski definition) is 4. The van der Waals surface area contributed by atoms with Crippen molar-refractivity contribution in [2.75, 3.05) is 20.7 Å². The number of fused-ring (bicyclic) bond motifs is 1. The van der Waals surface area contributed by atoms with E-state index in [4.69, 9.17) is 4.74 Å². The van der Waals surface area contributed by atoms with Gasteiger partial charge in [0.2, 0.25) is 0 Å². The van der Waals surface area contributed by atoms with Crippen LogP contribution in [0.15, 0.2) is 121 Å². The second kappa shape index (κ2) is 14.6. The number of nitrogens with zero attached hydrogens (tertiary/aromatic N) is 1. The van der Waals surface area contributed by atoms with Crippen molar-refractivity contribution in [2.45, 2.75) is 38.1 Å². The molecule has 0 aliphatic carbocycles. The number of carbonyl (C=O) groups is 2. The smallest absolute Gasteiger partial charge is 0.163 e. The van der Waals surface area contributed by atoms with Crippen LogP contribution in [0.3, 0.4) is 0 Å². The third-order valence-electron chi connectivity index (χ3n) is 8.04. The Morgan fingerprint density at radius 2 is 1.12 bits per heavy atom. The highest BCUT2D eigenvalue weighted by Gasteiger charge is 2.19. The highest BCUT2D eigenvalue weighted by atomic mass is 16.5. The summed E-state index contributed by atoms with van der Waals surface area (Å²) in [6, 6.07) is 40.1. The lowest BCUT2D eigenvalue weighted by atomic mass is 9.92. The van der Waals surface area contributed by atoms with Crippen LogP contribution in [-0.4, -0.2) is 37.2 Å². The highest BCUT2D eigenvalue weighted by Crippen LogP contribution is 2.35. The Labute approximate surface area is 254 Å². The first kappa shape index (κ1) is 29.9. The molecule has 0 saturated heterocycles. The van der Waals surface area contributed by atoms with E-state index in [1.165, 1.54) is 5.56 Å². The summed E-state index contributed by atoms with van der Waals surface area (Å²) in [6.07, 6.45) is 2.79. The quantitative estimate of drug-likeness (QED) is 0.126. The van der Waals surface area contributed by atoms with Gasteiger partial charge in [-0.1, -0.05) is 121 Å². The summed E-state index contributed by atoms with van der Waals surface area (Å²) < 4.78 is 6.64. The summed E-state index contributed by atoms with van der Waals surface area (Å²) >= 11 is 0. The normalized spacial score (nSPS) is 11.9. The second-order valence-electron chi connectivity index (χ2n) is 11.2. The van der Waals surface area contributed by atoms with Gasteiger partial charge < -0.3 is 9.64 Å². The molecule has 1 unspecified atom stereocenters. The van der Waals surface area contributed by atoms with Gasteiger partial charge in [0.1, 0.15) is 5.75 Å². The van der Waals surface area contributed by atoms with Crippen LogP contribution in [0.4, 0.5) is 0 Å². The Bertz CT molecular complexity index is 1650. The Hall–Kier alpha value is -4.54. The van der Waals surface area contributed by atoms with Gasteiger partial charge in [-0.2, -0.15) is 0 Å². The average Bonchev–Trinajstić information content (AvgIpc) is 3.06. The van der Waals surface area contributed by atoms with Crippen LogP contribution in [0.2, 0.25) is 0 Å². The molecule has 43 heavy (non-hydrogen) atoms. The zero-order valence-electron chi connectivity index (χ0n) is 25.0. The molecule has 4 heteroatoms. The molecule has 0 radical (unpaired) electrons. The molecule has 0 aliphatic heterocycles. The molecule has 5 aromatic rings. The molecule has 1 atom stereocenters. The maximum absolute atomic E-state index is 13.1. The van der Waals surface area contributed by atoms with E-state index < -0.39 is 0 Å². The maximum atomic E-state index is 13.1. The molecule has 0 aliphatic rings. The Kier molecular flexibility index (Phi) is 10.1. The Balaban J connectivity index is 1.43. The molecule has 0 saturated carbocycles. The third kappa shape index (κ3) is 7.65. The molecule has 0 aromatic heterocycles. The number of Topliss-reactive ketones (excluding diaryl/α,β-unsaturated/α-hetero) is 2. The molecule has 218 valence electrons. The Morgan fingerprint density at radius 3 is 1.67 bits per heavy atom. The standard InChI is InChI=1S/C39H39NO3/c1-40(2)36(29-14-6-3-7-15-29)26-27-43-39-33(23-25-38(42)31-18-10-5-11-19-31)28-32(34-20-12-13-21-35(34)39)22-24-37(41)30-16-8-4-9-17-30/h3-21,28,36H,22-27H2,1-2H3. The van der Waals surface area contributed by atoms with Crippen LogP contribution in [-0.2, 0) is 12.8 Å². The predicted molar refractivity (Wildman–Crippen MR) is 175 cm³/mol. The number of rotatable bonds is 14. The summed E-state index contributed by atoms with van der Waals surface area (Å²) in [5.74, 6) is 1.07. The zero-order valence-corrected chi connectivity index (χ0v) is 25.0. The van der Waals surface area contributed by atoms with E-state index in [1.807, 2.05) is 78.9 Å². The second-order valence-corrected chi connectivity index (χ2v) is 11.2. The number of ether oxygens (including phenoxy) is 1. The van der Waals surface area contributed by atoms with Gasteiger partial charge in [-0.15, -0.1) is 0 Å². The molecule has 0 spiro atoms.